The molecule has 0 aromatic heterocycles. The van der Waals surface area contributed by atoms with Crippen LogP contribution < -0.4 is 0 Å². The van der Waals surface area contributed by atoms with E-state index in [0.717, 1.165) is 12.7 Å². The summed E-state index contributed by atoms with van der Waals surface area (Å²) in [5.74, 6) is 0. The molecule has 0 radical (unpaired) electrons. The fourth-order valence-electron chi connectivity index (χ4n) is 1.25. The molecule has 0 atom stereocenters. The summed E-state index contributed by atoms with van der Waals surface area (Å²) in [6.45, 7) is 6.06. The van der Waals surface area contributed by atoms with Crippen molar-refractivity contribution in [1.82, 2.24) is 0 Å². The van der Waals surface area contributed by atoms with Gasteiger partial charge >= 0.3 is 0 Å². The van der Waals surface area contributed by atoms with E-state index in [1.165, 1.54) is 25.7 Å². The van der Waals surface area contributed by atoms with Crippen molar-refractivity contribution in [2.24, 2.45) is 5.41 Å². The third-order valence-electron chi connectivity index (χ3n) is 2.25. The maximum Gasteiger partial charge on any atom is 0.125 e. The summed E-state index contributed by atoms with van der Waals surface area (Å²) in [5.41, 5.74) is -0.111. The third kappa shape index (κ3) is 7.76. The lowest BCUT2D eigenvalue weighted by Crippen LogP contribution is -2.12. The lowest BCUT2D eigenvalue weighted by Gasteiger charge is -2.15. The number of allylic oxidation sites excluding steroid dienone is 2. The normalized spacial score (nSPS) is 12.2. The molecule has 0 rings (SSSR count). The van der Waals surface area contributed by atoms with E-state index in [1.807, 2.05) is 13.8 Å². The highest BCUT2D eigenvalue weighted by Crippen LogP contribution is 2.20. The highest BCUT2D eigenvalue weighted by molar-refractivity contribution is 5.57. The van der Waals surface area contributed by atoms with Crippen molar-refractivity contribution in [1.29, 1.82) is 0 Å². The standard InChI is InChI=1S/C12H22O/c1-4-5-6-7-8-9-10-12(2,3)11-13/h4-5,11H,6-10H2,1-3H3. The van der Waals surface area contributed by atoms with Gasteiger partial charge in [-0.3, -0.25) is 0 Å². The Hall–Kier alpha value is -0.590. The first kappa shape index (κ1) is 12.4. The van der Waals surface area contributed by atoms with Gasteiger partial charge in [0.1, 0.15) is 6.29 Å². The van der Waals surface area contributed by atoms with Crippen molar-refractivity contribution >= 4 is 6.29 Å². The molecule has 0 heterocycles. The molecule has 0 aliphatic rings. The van der Waals surface area contributed by atoms with E-state index >= 15 is 0 Å². The Morgan fingerprint density at radius 1 is 1.15 bits per heavy atom. The smallest absolute Gasteiger partial charge is 0.125 e. The lowest BCUT2D eigenvalue weighted by molar-refractivity contribution is -0.115. The van der Waals surface area contributed by atoms with Crippen LogP contribution in [-0.2, 0) is 4.79 Å². The van der Waals surface area contributed by atoms with Crippen LogP contribution in [0.1, 0.15) is 52.9 Å². The summed E-state index contributed by atoms with van der Waals surface area (Å²) in [4.78, 5) is 10.6. The van der Waals surface area contributed by atoms with Gasteiger partial charge in [-0.15, -0.1) is 0 Å². The van der Waals surface area contributed by atoms with Crippen molar-refractivity contribution in [2.45, 2.75) is 52.9 Å². The van der Waals surface area contributed by atoms with Crippen molar-refractivity contribution < 1.29 is 4.79 Å². The van der Waals surface area contributed by atoms with Gasteiger partial charge in [0.2, 0.25) is 0 Å². The molecule has 0 unspecified atom stereocenters. The van der Waals surface area contributed by atoms with Crippen LogP contribution in [-0.4, -0.2) is 6.29 Å². The van der Waals surface area contributed by atoms with Gasteiger partial charge in [-0.05, 0) is 26.2 Å². The minimum Gasteiger partial charge on any atom is -0.303 e. The van der Waals surface area contributed by atoms with Crippen molar-refractivity contribution in [3.05, 3.63) is 12.2 Å². The largest absolute Gasteiger partial charge is 0.303 e. The number of carbonyl (C=O) groups excluding carboxylic acids is 1. The van der Waals surface area contributed by atoms with E-state index in [2.05, 4.69) is 19.1 Å². The molecule has 76 valence electrons. The van der Waals surface area contributed by atoms with Crippen molar-refractivity contribution in [2.75, 3.05) is 0 Å². The van der Waals surface area contributed by atoms with Crippen LogP contribution in [0.25, 0.3) is 0 Å². The van der Waals surface area contributed by atoms with Gasteiger partial charge in [0.15, 0.2) is 0 Å². The van der Waals surface area contributed by atoms with Crippen molar-refractivity contribution in [3.63, 3.8) is 0 Å². The predicted molar refractivity (Wildman–Crippen MR) is 57.7 cm³/mol. The zero-order valence-electron chi connectivity index (χ0n) is 9.18. The van der Waals surface area contributed by atoms with Crippen LogP contribution >= 0.6 is 0 Å². The van der Waals surface area contributed by atoms with Crippen LogP contribution in [0.5, 0.6) is 0 Å². The van der Waals surface area contributed by atoms with Gasteiger partial charge < -0.3 is 4.79 Å². The minimum atomic E-state index is -0.111. The van der Waals surface area contributed by atoms with Gasteiger partial charge in [-0.2, -0.15) is 0 Å². The molecule has 1 heteroatoms. The Morgan fingerprint density at radius 2 is 1.85 bits per heavy atom. The van der Waals surface area contributed by atoms with E-state index in [9.17, 15) is 4.79 Å². The Bertz CT molecular complexity index is 157. The van der Waals surface area contributed by atoms with E-state index in [1.54, 1.807) is 0 Å². The van der Waals surface area contributed by atoms with Crippen LogP contribution in [0.15, 0.2) is 12.2 Å². The molecular weight excluding hydrogens is 160 g/mol. The molecule has 0 aliphatic carbocycles. The Morgan fingerprint density at radius 3 is 2.38 bits per heavy atom. The molecule has 0 aromatic rings. The summed E-state index contributed by atoms with van der Waals surface area (Å²) >= 11 is 0. The van der Waals surface area contributed by atoms with Gasteiger partial charge in [-0.1, -0.05) is 38.8 Å². The van der Waals surface area contributed by atoms with Crippen LogP contribution in [0, 0.1) is 5.41 Å². The maximum atomic E-state index is 10.6. The number of aldehydes is 1. The predicted octanol–water partition coefficient (Wildman–Crippen LogP) is 3.74. The first-order valence-electron chi connectivity index (χ1n) is 5.20. The topological polar surface area (TPSA) is 17.1 Å². The summed E-state index contributed by atoms with van der Waals surface area (Å²) in [6.07, 6.45) is 11.2. The summed E-state index contributed by atoms with van der Waals surface area (Å²) in [7, 11) is 0. The molecule has 0 spiro atoms. The molecule has 0 aromatic carbocycles. The zero-order chi connectivity index (χ0) is 10.2. The highest BCUT2D eigenvalue weighted by atomic mass is 16.1. The maximum absolute atomic E-state index is 10.6. The van der Waals surface area contributed by atoms with Gasteiger partial charge in [0.05, 0.1) is 0 Å². The number of hydrogen-bond donors (Lipinski definition) is 0. The fraction of sp³-hybridized carbons (Fsp3) is 0.750. The summed E-state index contributed by atoms with van der Waals surface area (Å²) in [6, 6.07) is 0. The first-order valence-corrected chi connectivity index (χ1v) is 5.20. The molecule has 0 fully saturated rings. The van der Waals surface area contributed by atoms with Gasteiger partial charge in [-0.25, -0.2) is 0 Å². The molecule has 13 heavy (non-hydrogen) atoms. The van der Waals surface area contributed by atoms with E-state index in [-0.39, 0.29) is 5.41 Å². The van der Waals surface area contributed by atoms with Gasteiger partial charge in [0.25, 0.3) is 0 Å². The van der Waals surface area contributed by atoms with Crippen LogP contribution in [0.4, 0.5) is 0 Å². The summed E-state index contributed by atoms with van der Waals surface area (Å²) in [5, 5.41) is 0. The lowest BCUT2D eigenvalue weighted by atomic mass is 9.89. The molecule has 0 N–H and O–H groups in total. The second-order valence-electron chi connectivity index (χ2n) is 4.27. The second-order valence-corrected chi connectivity index (χ2v) is 4.27. The average Bonchev–Trinajstić information content (AvgIpc) is 2.11. The molecule has 0 aliphatic heterocycles. The number of carbonyl (C=O) groups is 1. The van der Waals surface area contributed by atoms with Crippen LogP contribution in [0.2, 0.25) is 0 Å². The quantitative estimate of drug-likeness (QED) is 0.333. The van der Waals surface area contributed by atoms with E-state index in [0.29, 0.717) is 0 Å². The Kier molecular flexibility index (Phi) is 6.56. The number of rotatable bonds is 7. The number of unbranched alkanes of at least 4 members (excludes halogenated alkanes) is 3. The molecule has 0 saturated carbocycles. The second kappa shape index (κ2) is 6.88. The SMILES string of the molecule is CC=CCCCCCC(C)(C)C=O. The Labute approximate surface area is 82.2 Å². The Balaban J connectivity index is 3.30. The summed E-state index contributed by atoms with van der Waals surface area (Å²) < 4.78 is 0. The molecule has 1 nitrogen and oxygen atoms in total. The third-order valence-corrected chi connectivity index (χ3v) is 2.25. The molecule has 0 amide bonds. The first-order chi connectivity index (χ1) is 6.12. The van der Waals surface area contributed by atoms with Crippen LogP contribution in [0.3, 0.4) is 0 Å². The van der Waals surface area contributed by atoms with Crippen molar-refractivity contribution in [3.8, 4) is 0 Å². The fourth-order valence-corrected chi connectivity index (χ4v) is 1.25. The van der Waals surface area contributed by atoms with E-state index < -0.39 is 0 Å². The monoisotopic (exact) mass is 182 g/mol. The highest BCUT2D eigenvalue weighted by Gasteiger charge is 2.14. The molecular formula is C12H22O. The minimum absolute atomic E-state index is 0.111. The molecule has 0 saturated heterocycles. The van der Waals surface area contributed by atoms with Gasteiger partial charge in [0, 0.05) is 5.41 Å². The number of hydrogen-bond acceptors (Lipinski definition) is 1. The zero-order valence-corrected chi connectivity index (χ0v) is 9.18. The average molecular weight is 182 g/mol. The molecule has 0 bridgehead atoms. The van der Waals surface area contributed by atoms with E-state index in [4.69, 9.17) is 0 Å².